The molecule has 1 aromatic heterocycles. The van der Waals surface area contributed by atoms with E-state index in [2.05, 4.69) is 25.9 Å². The van der Waals surface area contributed by atoms with Gasteiger partial charge in [0.25, 0.3) is 0 Å². The van der Waals surface area contributed by atoms with Crippen LogP contribution in [-0.4, -0.2) is 20.6 Å². The molecule has 0 saturated heterocycles. The summed E-state index contributed by atoms with van der Waals surface area (Å²) in [6.07, 6.45) is 0. The Bertz CT molecular complexity index is 457. The minimum atomic E-state index is -0.460. The van der Waals surface area contributed by atoms with E-state index in [9.17, 15) is 8.78 Å². The largest absolute Gasteiger partial charge is 0.305 e. The van der Waals surface area contributed by atoms with Gasteiger partial charge in [0.15, 0.2) is 5.82 Å². The Hall–Kier alpha value is -1.89. The van der Waals surface area contributed by atoms with Gasteiger partial charge in [-0.05, 0) is 18.2 Å². The highest BCUT2D eigenvalue weighted by molar-refractivity contribution is 5.18. The van der Waals surface area contributed by atoms with E-state index < -0.39 is 11.6 Å². The number of halogens is 2. The van der Waals surface area contributed by atoms with Crippen LogP contribution in [0, 0.1) is 11.6 Å². The third-order valence-electron chi connectivity index (χ3n) is 2.00. The van der Waals surface area contributed by atoms with Crippen LogP contribution in [-0.2, 0) is 13.1 Å². The lowest BCUT2D eigenvalue weighted by molar-refractivity contribution is 0.565. The number of tetrazole rings is 1. The summed E-state index contributed by atoms with van der Waals surface area (Å²) in [4.78, 5) is 0. The van der Waals surface area contributed by atoms with Crippen molar-refractivity contribution in [3.63, 3.8) is 0 Å². The average Bonchev–Trinajstić information content (AvgIpc) is 2.76. The minimum Gasteiger partial charge on any atom is -0.305 e. The summed E-state index contributed by atoms with van der Waals surface area (Å²) in [5, 5.41) is 16.0. The van der Waals surface area contributed by atoms with E-state index in [1.54, 1.807) is 0 Å². The fraction of sp³-hybridized carbons (Fsp3) is 0.222. The smallest absolute Gasteiger partial charge is 0.188 e. The zero-order chi connectivity index (χ0) is 11.4. The number of H-pyrrole nitrogens is 1. The third-order valence-corrected chi connectivity index (χ3v) is 2.00. The molecular formula is C9H9F2N5. The second-order valence-electron chi connectivity index (χ2n) is 3.17. The van der Waals surface area contributed by atoms with Crippen molar-refractivity contribution in [3.8, 4) is 0 Å². The van der Waals surface area contributed by atoms with Gasteiger partial charge in [-0.25, -0.2) is 8.78 Å². The summed E-state index contributed by atoms with van der Waals surface area (Å²) in [5.41, 5.74) is 0.267. The molecule has 0 saturated carbocycles. The molecule has 16 heavy (non-hydrogen) atoms. The Morgan fingerprint density at radius 1 is 1.25 bits per heavy atom. The van der Waals surface area contributed by atoms with Crippen LogP contribution in [0.5, 0.6) is 0 Å². The van der Waals surface area contributed by atoms with Gasteiger partial charge in [-0.15, -0.1) is 10.2 Å². The van der Waals surface area contributed by atoms with Crippen molar-refractivity contribution in [3.05, 3.63) is 41.2 Å². The molecule has 0 amide bonds. The topological polar surface area (TPSA) is 66.5 Å². The van der Waals surface area contributed by atoms with Crippen LogP contribution in [0.3, 0.4) is 0 Å². The number of nitrogens with zero attached hydrogens (tertiary/aromatic N) is 3. The van der Waals surface area contributed by atoms with E-state index in [-0.39, 0.29) is 12.1 Å². The molecule has 2 N–H and O–H groups in total. The fourth-order valence-corrected chi connectivity index (χ4v) is 1.25. The number of benzene rings is 1. The predicted molar refractivity (Wildman–Crippen MR) is 51.1 cm³/mol. The maximum atomic E-state index is 13.2. The van der Waals surface area contributed by atoms with Crippen LogP contribution in [0.15, 0.2) is 18.2 Å². The normalized spacial score (nSPS) is 10.6. The number of aromatic amines is 1. The molecular weight excluding hydrogens is 216 g/mol. The van der Waals surface area contributed by atoms with Crippen molar-refractivity contribution < 1.29 is 8.78 Å². The summed E-state index contributed by atoms with van der Waals surface area (Å²) < 4.78 is 26.0. The second kappa shape index (κ2) is 4.75. The molecule has 0 radical (unpaired) electrons. The Labute approximate surface area is 89.9 Å². The number of aromatic nitrogens is 4. The van der Waals surface area contributed by atoms with Crippen LogP contribution >= 0.6 is 0 Å². The van der Waals surface area contributed by atoms with Gasteiger partial charge >= 0.3 is 0 Å². The fourth-order valence-electron chi connectivity index (χ4n) is 1.25. The highest BCUT2D eigenvalue weighted by atomic mass is 19.1. The molecule has 0 bridgehead atoms. The number of hydrogen-bond acceptors (Lipinski definition) is 4. The lowest BCUT2D eigenvalue weighted by atomic mass is 10.2. The van der Waals surface area contributed by atoms with Crippen molar-refractivity contribution in [2.24, 2.45) is 0 Å². The molecule has 0 aliphatic heterocycles. The van der Waals surface area contributed by atoms with Gasteiger partial charge in [-0.1, -0.05) is 5.21 Å². The Kier molecular flexibility index (Phi) is 3.16. The lowest BCUT2D eigenvalue weighted by Crippen LogP contribution is -2.15. The summed E-state index contributed by atoms with van der Waals surface area (Å²) >= 11 is 0. The molecule has 1 aromatic carbocycles. The summed E-state index contributed by atoms with van der Waals surface area (Å²) in [7, 11) is 0. The highest BCUT2D eigenvalue weighted by Crippen LogP contribution is 2.09. The van der Waals surface area contributed by atoms with Gasteiger partial charge in [0, 0.05) is 12.1 Å². The molecule has 0 fully saturated rings. The maximum absolute atomic E-state index is 13.2. The molecule has 5 nitrogen and oxygen atoms in total. The number of rotatable bonds is 4. The van der Waals surface area contributed by atoms with E-state index in [4.69, 9.17) is 0 Å². The molecule has 0 spiro atoms. The van der Waals surface area contributed by atoms with E-state index >= 15 is 0 Å². The van der Waals surface area contributed by atoms with Gasteiger partial charge in [0.05, 0.1) is 6.54 Å². The second-order valence-corrected chi connectivity index (χ2v) is 3.17. The Balaban J connectivity index is 1.92. The Morgan fingerprint density at radius 3 is 2.88 bits per heavy atom. The zero-order valence-electron chi connectivity index (χ0n) is 8.24. The molecule has 0 aliphatic rings. The molecule has 0 aliphatic carbocycles. The van der Waals surface area contributed by atoms with Crippen molar-refractivity contribution in [1.82, 2.24) is 25.9 Å². The molecule has 0 unspecified atom stereocenters. The van der Waals surface area contributed by atoms with E-state index in [1.807, 2.05) is 0 Å². The highest BCUT2D eigenvalue weighted by Gasteiger charge is 2.04. The monoisotopic (exact) mass is 225 g/mol. The first-order chi connectivity index (χ1) is 7.75. The number of hydrogen-bond donors (Lipinski definition) is 2. The van der Waals surface area contributed by atoms with E-state index in [1.165, 1.54) is 0 Å². The Morgan fingerprint density at radius 2 is 2.12 bits per heavy atom. The lowest BCUT2D eigenvalue weighted by Gasteiger charge is -2.03. The van der Waals surface area contributed by atoms with Crippen molar-refractivity contribution in [1.29, 1.82) is 0 Å². The molecule has 2 aromatic rings. The van der Waals surface area contributed by atoms with E-state index in [0.717, 1.165) is 18.2 Å². The predicted octanol–water partition coefficient (Wildman–Crippen LogP) is 0.768. The number of nitrogens with one attached hydrogen (secondary N) is 2. The molecule has 1 heterocycles. The van der Waals surface area contributed by atoms with Crippen LogP contribution in [0.25, 0.3) is 0 Å². The minimum absolute atomic E-state index is 0.206. The van der Waals surface area contributed by atoms with Gasteiger partial charge in [0.1, 0.15) is 11.6 Å². The first kappa shape index (κ1) is 10.6. The van der Waals surface area contributed by atoms with Gasteiger partial charge < -0.3 is 5.32 Å². The molecule has 0 atom stereocenters. The van der Waals surface area contributed by atoms with Crippen LogP contribution in [0.1, 0.15) is 11.4 Å². The first-order valence-electron chi connectivity index (χ1n) is 4.62. The average molecular weight is 225 g/mol. The van der Waals surface area contributed by atoms with Gasteiger partial charge in [0.2, 0.25) is 0 Å². The van der Waals surface area contributed by atoms with Crippen molar-refractivity contribution in [2.45, 2.75) is 13.1 Å². The maximum Gasteiger partial charge on any atom is 0.188 e. The molecule has 7 heteroatoms. The van der Waals surface area contributed by atoms with Crippen molar-refractivity contribution in [2.75, 3.05) is 0 Å². The van der Waals surface area contributed by atoms with Crippen LogP contribution in [0.2, 0.25) is 0 Å². The van der Waals surface area contributed by atoms with Crippen molar-refractivity contribution >= 4 is 0 Å². The zero-order valence-corrected chi connectivity index (χ0v) is 8.24. The summed E-state index contributed by atoms with van der Waals surface area (Å²) in [6.45, 7) is 0.546. The first-order valence-corrected chi connectivity index (χ1v) is 4.62. The molecule has 2 rings (SSSR count). The van der Waals surface area contributed by atoms with Gasteiger partial charge in [-0.3, -0.25) is 0 Å². The summed E-state index contributed by atoms with van der Waals surface area (Å²) in [6, 6.07) is 3.33. The van der Waals surface area contributed by atoms with Crippen LogP contribution in [0.4, 0.5) is 8.78 Å². The standard InChI is InChI=1S/C9H9F2N5/c10-7-1-2-8(11)6(3-7)4-12-5-9-13-15-16-14-9/h1-3,12H,4-5H2,(H,13,14,15,16). The van der Waals surface area contributed by atoms with Crippen LogP contribution < -0.4 is 5.32 Å². The molecule has 84 valence electrons. The van der Waals surface area contributed by atoms with E-state index in [0.29, 0.717) is 12.4 Å². The summed E-state index contributed by atoms with van der Waals surface area (Å²) in [5.74, 6) is -0.434. The third kappa shape index (κ3) is 2.57. The quantitative estimate of drug-likeness (QED) is 0.806. The van der Waals surface area contributed by atoms with Gasteiger partial charge in [-0.2, -0.15) is 5.21 Å². The SMILES string of the molecule is Fc1ccc(F)c(CNCc2nn[nH]n2)c1.